The Hall–Kier alpha value is -3.87. The summed E-state index contributed by atoms with van der Waals surface area (Å²) in [6.07, 6.45) is 0. The minimum absolute atomic E-state index is 0.148. The van der Waals surface area contributed by atoms with E-state index in [0.29, 0.717) is 17.9 Å². The summed E-state index contributed by atoms with van der Waals surface area (Å²) in [4.78, 5) is 42.8. The summed E-state index contributed by atoms with van der Waals surface area (Å²) in [7, 11) is 1.59. The first-order chi connectivity index (χ1) is 16.8. The molecule has 7 heteroatoms. The zero-order chi connectivity index (χ0) is 25.1. The van der Waals surface area contributed by atoms with E-state index in [1.54, 1.807) is 20.1 Å². The topological polar surface area (TPSA) is 79.0 Å². The average Bonchev–Trinajstić information content (AvgIpc) is 3.13. The third kappa shape index (κ3) is 4.99. The summed E-state index contributed by atoms with van der Waals surface area (Å²) in [5.41, 5.74) is 2.17. The molecule has 1 aliphatic heterocycles. The first-order valence-corrected chi connectivity index (χ1v) is 11.8. The molecule has 0 radical (unpaired) electrons. The number of nitrogens with one attached hydrogen (secondary N) is 1. The van der Waals surface area contributed by atoms with Crippen molar-refractivity contribution in [2.45, 2.75) is 33.4 Å². The molecule has 1 N–H and O–H groups in total. The van der Waals surface area contributed by atoms with E-state index in [-0.39, 0.29) is 36.7 Å². The smallest absolute Gasteiger partial charge is 0.259 e. The van der Waals surface area contributed by atoms with Gasteiger partial charge in [0, 0.05) is 24.0 Å². The van der Waals surface area contributed by atoms with Crippen molar-refractivity contribution in [1.82, 2.24) is 10.2 Å². The molecule has 3 aromatic rings. The van der Waals surface area contributed by atoms with Crippen molar-refractivity contribution in [2.24, 2.45) is 5.92 Å². The molecule has 0 fully saturated rings. The van der Waals surface area contributed by atoms with Crippen molar-refractivity contribution in [1.29, 1.82) is 0 Å². The lowest BCUT2D eigenvalue weighted by molar-refractivity contribution is -0.139. The number of anilines is 1. The molecule has 182 valence electrons. The van der Waals surface area contributed by atoms with Gasteiger partial charge in [0.2, 0.25) is 11.8 Å². The molecular weight excluding hydrogens is 442 g/mol. The Morgan fingerprint density at radius 1 is 1.00 bits per heavy atom. The second-order valence-electron chi connectivity index (χ2n) is 9.26. The Labute approximate surface area is 205 Å². The van der Waals surface area contributed by atoms with Gasteiger partial charge >= 0.3 is 0 Å². The van der Waals surface area contributed by atoms with Gasteiger partial charge in [-0.25, -0.2) is 0 Å². The average molecular weight is 474 g/mol. The van der Waals surface area contributed by atoms with E-state index in [4.69, 9.17) is 4.74 Å². The normalized spacial score (nSPS) is 13.3. The number of benzene rings is 3. The van der Waals surface area contributed by atoms with Crippen LogP contribution < -0.4 is 15.0 Å². The van der Waals surface area contributed by atoms with Crippen molar-refractivity contribution in [3.63, 3.8) is 0 Å². The van der Waals surface area contributed by atoms with Crippen LogP contribution >= 0.6 is 0 Å². The number of rotatable bonds is 9. The van der Waals surface area contributed by atoms with Gasteiger partial charge < -0.3 is 15.0 Å². The Balaban J connectivity index is 1.60. The third-order valence-electron chi connectivity index (χ3n) is 6.31. The summed E-state index contributed by atoms with van der Waals surface area (Å²) in [6.45, 7) is 6.36. The quantitative estimate of drug-likeness (QED) is 0.510. The number of carbonyl (C=O) groups is 3. The van der Waals surface area contributed by atoms with Crippen LogP contribution in [0.15, 0.2) is 60.7 Å². The number of nitrogens with zero attached hydrogens (tertiary/aromatic N) is 2. The molecule has 0 unspecified atom stereocenters. The predicted octanol–water partition coefficient (Wildman–Crippen LogP) is 4.00. The fourth-order valence-corrected chi connectivity index (χ4v) is 4.32. The van der Waals surface area contributed by atoms with Crippen LogP contribution in [0.2, 0.25) is 0 Å². The molecule has 3 aromatic carbocycles. The van der Waals surface area contributed by atoms with E-state index in [2.05, 4.69) is 5.32 Å². The van der Waals surface area contributed by atoms with Crippen molar-refractivity contribution in [3.8, 4) is 5.75 Å². The Kier molecular flexibility index (Phi) is 7.05. The summed E-state index contributed by atoms with van der Waals surface area (Å²) in [5.74, 6) is 0.275. The zero-order valence-electron chi connectivity index (χ0n) is 20.6. The first-order valence-electron chi connectivity index (χ1n) is 11.8. The fourth-order valence-electron chi connectivity index (χ4n) is 4.32. The van der Waals surface area contributed by atoms with Gasteiger partial charge in [-0.05, 0) is 48.1 Å². The van der Waals surface area contributed by atoms with Crippen molar-refractivity contribution < 1.29 is 19.1 Å². The lowest BCUT2D eigenvalue weighted by Gasteiger charge is -2.31. The summed E-state index contributed by atoms with van der Waals surface area (Å²) in [6, 6.07) is 18.0. The molecule has 4 rings (SSSR count). The van der Waals surface area contributed by atoms with Crippen LogP contribution in [0.5, 0.6) is 5.75 Å². The Morgan fingerprint density at radius 3 is 2.34 bits per heavy atom. The SMILES string of the molecule is COc1ccc(CN(C(=O)CN2C(=O)c3cccc4cccc2c34)[C@@H](C)C(=O)NCC(C)C)cc1. The van der Waals surface area contributed by atoms with Gasteiger partial charge in [-0.2, -0.15) is 0 Å². The maximum absolute atomic E-state index is 13.7. The highest BCUT2D eigenvalue weighted by molar-refractivity contribution is 6.26. The van der Waals surface area contributed by atoms with Gasteiger partial charge in [-0.1, -0.05) is 50.2 Å². The second-order valence-corrected chi connectivity index (χ2v) is 9.26. The van der Waals surface area contributed by atoms with Crippen LogP contribution in [0.25, 0.3) is 10.8 Å². The number of amides is 3. The molecule has 0 aliphatic carbocycles. The van der Waals surface area contributed by atoms with Gasteiger partial charge in [0.25, 0.3) is 5.91 Å². The minimum Gasteiger partial charge on any atom is -0.497 e. The molecule has 1 atom stereocenters. The maximum atomic E-state index is 13.7. The van der Waals surface area contributed by atoms with Crippen LogP contribution in [0, 0.1) is 5.92 Å². The van der Waals surface area contributed by atoms with E-state index < -0.39 is 6.04 Å². The van der Waals surface area contributed by atoms with Gasteiger partial charge in [0.15, 0.2) is 0 Å². The third-order valence-corrected chi connectivity index (χ3v) is 6.31. The lowest BCUT2D eigenvalue weighted by atomic mass is 10.1. The molecule has 7 nitrogen and oxygen atoms in total. The molecule has 0 bridgehead atoms. The minimum atomic E-state index is -0.709. The summed E-state index contributed by atoms with van der Waals surface area (Å²) >= 11 is 0. The molecular formula is C28H31N3O4. The number of methoxy groups -OCH3 is 1. The van der Waals surface area contributed by atoms with E-state index in [0.717, 1.165) is 22.0 Å². The van der Waals surface area contributed by atoms with Gasteiger partial charge in [-0.3, -0.25) is 19.3 Å². The van der Waals surface area contributed by atoms with E-state index in [1.165, 1.54) is 9.80 Å². The van der Waals surface area contributed by atoms with Gasteiger partial charge in [-0.15, -0.1) is 0 Å². The Morgan fingerprint density at radius 2 is 1.69 bits per heavy atom. The van der Waals surface area contributed by atoms with Crippen molar-refractivity contribution in [3.05, 3.63) is 71.8 Å². The van der Waals surface area contributed by atoms with Crippen molar-refractivity contribution >= 4 is 34.2 Å². The van der Waals surface area contributed by atoms with Crippen LogP contribution in [0.3, 0.4) is 0 Å². The molecule has 1 aliphatic rings. The number of hydrogen-bond donors (Lipinski definition) is 1. The molecule has 3 amide bonds. The highest BCUT2D eigenvalue weighted by Gasteiger charge is 2.34. The van der Waals surface area contributed by atoms with Gasteiger partial charge in [0.05, 0.1) is 12.8 Å². The highest BCUT2D eigenvalue weighted by Crippen LogP contribution is 2.37. The Bertz CT molecular complexity index is 1250. The van der Waals surface area contributed by atoms with Crippen LogP contribution in [0.1, 0.15) is 36.7 Å². The highest BCUT2D eigenvalue weighted by atomic mass is 16.5. The van der Waals surface area contributed by atoms with E-state index in [1.807, 2.05) is 68.4 Å². The number of ether oxygens (including phenoxy) is 1. The molecule has 0 spiro atoms. The molecule has 35 heavy (non-hydrogen) atoms. The molecule has 0 saturated carbocycles. The second kappa shape index (κ2) is 10.2. The number of carbonyl (C=O) groups excluding carboxylic acids is 3. The summed E-state index contributed by atoms with van der Waals surface area (Å²) < 4.78 is 5.23. The molecule has 0 saturated heterocycles. The lowest BCUT2D eigenvalue weighted by Crippen LogP contribution is -2.51. The zero-order valence-corrected chi connectivity index (χ0v) is 20.6. The number of hydrogen-bond acceptors (Lipinski definition) is 4. The standard InChI is InChI=1S/C28H31N3O4/c1-18(2)15-29-27(33)19(3)30(16-20-11-13-22(35-4)14-12-20)25(32)17-31-24-10-6-8-21-7-5-9-23(26(21)24)28(31)34/h5-14,18-19H,15-17H2,1-4H3,(H,29,33)/t19-/m0/s1. The molecule has 0 aromatic heterocycles. The summed E-state index contributed by atoms with van der Waals surface area (Å²) in [5, 5.41) is 4.74. The predicted molar refractivity (Wildman–Crippen MR) is 136 cm³/mol. The fraction of sp³-hybridized carbons (Fsp3) is 0.321. The first kappa shape index (κ1) is 24.3. The van der Waals surface area contributed by atoms with Crippen molar-refractivity contribution in [2.75, 3.05) is 25.1 Å². The van der Waals surface area contributed by atoms with Crippen LogP contribution in [0.4, 0.5) is 5.69 Å². The maximum Gasteiger partial charge on any atom is 0.259 e. The van der Waals surface area contributed by atoms with Gasteiger partial charge in [0.1, 0.15) is 18.3 Å². The monoisotopic (exact) mass is 473 g/mol. The molecule has 1 heterocycles. The largest absolute Gasteiger partial charge is 0.497 e. The van der Waals surface area contributed by atoms with E-state index in [9.17, 15) is 14.4 Å². The van der Waals surface area contributed by atoms with Crippen LogP contribution in [-0.4, -0.2) is 48.9 Å². The van der Waals surface area contributed by atoms with E-state index >= 15 is 0 Å². The van der Waals surface area contributed by atoms with Crippen LogP contribution in [-0.2, 0) is 16.1 Å².